The third kappa shape index (κ3) is 3.90. The van der Waals surface area contributed by atoms with Gasteiger partial charge in [-0.05, 0) is 37.9 Å². The molecule has 0 N–H and O–H groups in total. The number of pyridine rings is 1. The van der Waals surface area contributed by atoms with E-state index in [0.29, 0.717) is 8.95 Å². The van der Waals surface area contributed by atoms with Crippen LogP contribution in [0.2, 0.25) is 0 Å². The number of hydrogen-bond acceptors (Lipinski definition) is 4. The van der Waals surface area contributed by atoms with Crippen molar-refractivity contribution in [3.8, 4) is 0 Å². The molecular weight excluding hydrogens is 395 g/mol. The van der Waals surface area contributed by atoms with Crippen molar-refractivity contribution in [2.75, 3.05) is 0 Å². The summed E-state index contributed by atoms with van der Waals surface area (Å²) < 4.78 is 61.8. The lowest BCUT2D eigenvalue weighted by Gasteiger charge is -2.08. The highest BCUT2D eigenvalue weighted by molar-refractivity contribution is 9.11. The smallest absolute Gasteiger partial charge is 0.257 e. The van der Waals surface area contributed by atoms with Crippen molar-refractivity contribution in [2.45, 2.75) is 12.1 Å². The van der Waals surface area contributed by atoms with E-state index in [1.165, 1.54) is 12.3 Å². The largest absolute Gasteiger partial charge is 0.523 e. The van der Waals surface area contributed by atoms with Gasteiger partial charge >= 0.3 is 15.6 Å². The Bertz CT molecular complexity index is 518. The fraction of sp³-hybridized carbons (Fsp3) is 0.286. The van der Waals surface area contributed by atoms with E-state index < -0.39 is 22.2 Å². The summed E-state index contributed by atoms with van der Waals surface area (Å²) in [5.74, 6) is 0. The Hall–Kier alpha value is -0.190. The highest BCUT2D eigenvalue weighted by Gasteiger charge is 2.47. The minimum absolute atomic E-state index is 0.0426. The highest BCUT2D eigenvalue weighted by atomic mass is 79.9. The van der Waals surface area contributed by atoms with Gasteiger partial charge in [-0.2, -0.15) is 21.6 Å². The SMILES string of the molecule is O=S(=O)(OCc1ncc(Br)cc1Br)C(F)(F)F. The Kier molecular flexibility index (Phi) is 4.55. The summed E-state index contributed by atoms with van der Waals surface area (Å²) in [6.07, 6.45) is 1.31. The first-order chi connectivity index (χ1) is 7.63. The fourth-order valence-corrected chi connectivity index (χ4v) is 2.25. The normalized spacial score (nSPS) is 12.8. The van der Waals surface area contributed by atoms with E-state index in [4.69, 9.17) is 0 Å². The van der Waals surface area contributed by atoms with Gasteiger partial charge in [0.2, 0.25) is 0 Å². The number of aromatic nitrogens is 1. The monoisotopic (exact) mass is 397 g/mol. The van der Waals surface area contributed by atoms with Crippen LogP contribution in [0.3, 0.4) is 0 Å². The molecule has 0 aliphatic heterocycles. The van der Waals surface area contributed by atoms with Crippen LogP contribution in [0.1, 0.15) is 5.69 Å². The molecule has 0 saturated heterocycles. The lowest BCUT2D eigenvalue weighted by atomic mass is 10.4. The fourth-order valence-electron chi connectivity index (χ4n) is 0.749. The molecule has 1 heterocycles. The van der Waals surface area contributed by atoms with Gasteiger partial charge in [0.25, 0.3) is 0 Å². The molecule has 17 heavy (non-hydrogen) atoms. The van der Waals surface area contributed by atoms with E-state index in [2.05, 4.69) is 41.0 Å². The summed E-state index contributed by atoms with van der Waals surface area (Å²) in [7, 11) is -5.60. The van der Waals surface area contributed by atoms with Gasteiger partial charge < -0.3 is 0 Å². The van der Waals surface area contributed by atoms with Crippen LogP contribution in [0.4, 0.5) is 13.2 Å². The van der Waals surface area contributed by atoms with Crippen LogP contribution in [-0.2, 0) is 20.9 Å². The molecule has 0 saturated carbocycles. The first-order valence-corrected chi connectivity index (χ1v) is 6.88. The predicted molar refractivity (Wildman–Crippen MR) is 59.4 cm³/mol. The maximum Gasteiger partial charge on any atom is 0.523 e. The summed E-state index contributed by atoms with van der Waals surface area (Å²) in [5.41, 5.74) is -5.39. The maximum absolute atomic E-state index is 11.9. The Morgan fingerprint density at radius 1 is 1.35 bits per heavy atom. The van der Waals surface area contributed by atoms with Gasteiger partial charge in [-0.3, -0.25) is 9.17 Å². The van der Waals surface area contributed by atoms with Gasteiger partial charge in [-0.1, -0.05) is 0 Å². The molecule has 0 atom stereocenters. The van der Waals surface area contributed by atoms with Crippen LogP contribution in [0.5, 0.6) is 0 Å². The van der Waals surface area contributed by atoms with E-state index in [1.807, 2.05) is 0 Å². The van der Waals surface area contributed by atoms with Gasteiger partial charge in [0.1, 0.15) is 6.61 Å². The zero-order valence-electron chi connectivity index (χ0n) is 7.83. The Balaban J connectivity index is 2.82. The summed E-state index contributed by atoms with van der Waals surface area (Å²) in [6, 6.07) is 1.51. The summed E-state index contributed by atoms with van der Waals surface area (Å²) in [6.45, 7) is -0.796. The summed E-state index contributed by atoms with van der Waals surface area (Å²) in [4.78, 5) is 3.71. The Labute approximate surface area is 112 Å². The molecule has 4 nitrogen and oxygen atoms in total. The molecule has 0 fully saturated rings. The second-order valence-corrected chi connectivity index (χ2v) is 6.12. The third-order valence-electron chi connectivity index (χ3n) is 1.52. The molecule has 0 amide bonds. The molecule has 0 bridgehead atoms. The number of halogens is 5. The van der Waals surface area contributed by atoms with Gasteiger partial charge in [-0.15, -0.1) is 0 Å². The first-order valence-electron chi connectivity index (χ1n) is 3.89. The Morgan fingerprint density at radius 2 is 1.94 bits per heavy atom. The molecule has 0 unspecified atom stereocenters. The average molecular weight is 399 g/mol. The van der Waals surface area contributed by atoms with E-state index in [1.54, 1.807) is 0 Å². The van der Waals surface area contributed by atoms with Crippen LogP contribution in [0, 0.1) is 0 Å². The van der Waals surface area contributed by atoms with Crippen molar-refractivity contribution in [1.82, 2.24) is 4.98 Å². The molecule has 1 rings (SSSR count). The van der Waals surface area contributed by atoms with Crippen LogP contribution >= 0.6 is 31.9 Å². The number of alkyl halides is 3. The van der Waals surface area contributed by atoms with Crippen molar-refractivity contribution >= 4 is 42.0 Å². The van der Waals surface area contributed by atoms with Crippen LogP contribution in [0.15, 0.2) is 21.2 Å². The lowest BCUT2D eigenvalue weighted by Crippen LogP contribution is -2.25. The van der Waals surface area contributed by atoms with Crippen molar-refractivity contribution in [1.29, 1.82) is 0 Å². The predicted octanol–water partition coefficient (Wildman–Crippen LogP) is 2.97. The number of rotatable bonds is 3. The molecule has 0 radical (unpaired) electrons. The molecule has 1 aromatic heterocycles. The molecular formula is C7H4Br2F3NO3S. The van der Waals surface area contributed by atoms with Crippen molar-refractivity contribution in [3.05, 3.63) is 26.9 Å². The zero-order chi connectivity index (χ0) is 13.3. The van der Waals surface area contributed by atoms with E-state index in [-0.39, 0.29) is 5.69 Å². The quantitative estimate of drug-likeness (QED) is 0.580. The topological polar surface area (TPSA) is 56.3 Å². The highest BCUT2D eigenvalue weighted by Crippen LogP contribution is 2.27. The van der Waals surface area contributed by atoms with Gasteiger partial charge in [0.15, 0.2) is 0 Å². The Morgan fingerprint density at radius 3 is 2.41 bits per heavy atom. The molecule has 0 aromatic carbocycles. The molecule has 0 aliphatic rings. The van der Waals surface area contributed by atoms with E-state index in [0.717, 1.165) is 0 Å². The van der Waals surface area contributed by atoms with Crippen LogP contribution in [-0.4, -0.2) is 18.9 Å². The van der Waals surface area contributed by atoms with Gasteiger partial charge in [0, 0.05) is 15.1 Å². The summed E-state index contributed by atoms with van der Waals surface area (Å²) >= 11 is 6.10. The summed E-state index contributed by atoms with van der Waals surface area (Å²) in [5, 5.41) is 0. The average Bonchev–Trinajstić information content (AvgIpc) is 2.14. The van der Waals surface area contributed by atoms with Crippen LogP contribution < -0.4 is 0 Å². The van der Waals surface area contributed by atoms with Gasteiger partial charge in [-0.25, -0.2) is 0 Å². The number of nitrogens with zero attached hydrogens (tertiary/aromatic N) is 1. The van der Waals surface area contributed by atoms with Crippen molar-refractivity contribution < 1.29 is 25.8 Å². The van der Waals surface area contributed by atoms with Crippen molar-refractivity contribution in [2.24, 2.45) is 0 Å². The molecule has 0 spiro atoms. The second kappa shape index (κ2) is 5.21. The zero-order valence-corrected chi connectivity index (χ0v) is 11.8. The maximum atomic E-state index is 11.9. The lowest BCUT2D eigenvalue weighted by molar-refractivity contribution is -0.0548. The molecule has 1 aromatic rings. The minimum Gasteiger partial charge on any atom is -0.257 e. The van der Waals surface area contributed by atoms with Crippen LogP contribution in [0.25, 0.3) is 0 Å². The molecule has 10 heteroatoms. The van der Waals surface area contributed by atoms with Crippen molar-refractivity contribution in [3.63, 3.8) is 0 Å². The standard InChI is InChI=1S/C7H4Br2F3NO3S/c8-4-1-5(9)6(13-2-4)3-16-17(14,15)7(10,11)12/h1-2H,3H2. The first kappa shape index (κ1) is 14.9. The van der Waals surface area contributed by atoms with E-state index >= 15 is 0 Å². The van der Waals surface area contributed by atoms with E-state index in [9.17, 15) is 21.6 Å². The third-order valence-corrected chi connectivity index (χ3v) is 3.63. The second-order valence-electron chi connectivity index (χ2n) is 2.74. The minimum atomic E-state index is -5.60. The number of hydrogen-bond donors (Lipinski definition) is 0. The molecule has 96 valence electrons. The van der Waals surface area contributed by atoms with Gasteiger partial charge in [0.05, 0.1) is 5.69 Å². The molecule has 0 aliphatic carbocycles.